The third kappa shape index (κ3) is 2.76. The Morgan fingerprint density at radius 1 is 1.11 bits per heavy atom. The Bertz CT molecular complexity index is 318. The molecule has 1 saturated carbocycles. The molecule has 2 amide bonds. The normalized spacial score (nSPS) is 22.2. The van der Waals surface area contributed by atoms with Gasteiger partial charge in [-0.1, -0.05) is 25.7 Å². The first-order valence-corrected chi connectivity index (χ1v) is 6.84. The molecule has 2 aliphatic rings. The van der Waals surface area contributed by atoms with Gasteiger partial charge in [0.25, 0.3) is 0 Å². The van der Waals surface area contributed by atoms with Gasteiger partial charge in [-0.2, -0.15) is 0 Å². The first-order valence-electron chi connectivity index (χ1n) is 6.84. The number of carbonyl (C=O) groups excluding carboxylic acids is 1. The number of rotatable bonds is 2. The maximum Gasteiger partial charge on any atom is 0.320 e. The van der Waals surface area contributed by atoms with Crippen LogP contribution in [0.1, 0.15) is 38.5 Å². The minimum atomic E-state index is -0.795. The van der Waals surface area contributed by atoms with Crippen LogP contribution < -0.4 is 0 Å². The van der Waals surface area contributed by atoms with Crippen LogP contribution in [0.2, 0.25) is 0 Å². The predicted octanol–water partition coefficient (Wildman–Crippen LogP) is 1.78. The first kappa shape index (κ1) is 13.2. The Hall–Kier alpha value is -1.26. The maximum absolute atomic E-state index is 12.2. The Kier molecular flexibility index (Phi) is 4.09. The summed E-state index contributed by atoms with van der Waals surface area (Å²) in [6.07, 6.45) is 7.09. The van der Waals surface area contributed by atoms with E-state index in [9.17, 15) is 9.59 Å². The smallest absolute Gasteiger partial charge is 0.320 e. The van der Waals surface area contributed by atoms with E-state index >= 15 is 0 Å². The molecule has 0 unspecified atom stereocenters. The highest BCUT2D eigenvalue weighted by Crippen LogP contribution is 2.24. The molecule has 5 nitrogen and oxygen atoms in total. The third-order valence-corrected chi connectivity index (χ3v) is 4.18. The average molecular weight is 254 g/mol. The highest BCUT2D eigenvalue weighted by atomic mass is 16.4. The van der Waals surface area contributed by atoms with Crippen LogP contribution in [0.5, 0.6) is 0 Å². The Labute approximate surface area is 108 Å². The minimum Gasteiger partial charge on any atom is -0.481 e. The second-order valence-electron chi connectivity index (χ2n) is 5.48. The molecule has 18 heavy (non-hydrogen) atoms. The van der Waals surface area contributed by atoms with Gasteiger partial charge in [-0.3, -0.25) is 4.79 Å². The van der Waals surface area contributed by atoms with Gasteiger partial charge in [0.15, 0.2) is 0 Å². The number of hydrogen-bond acceptors (Lipinski definition) is 2. The molecular weight excluding hydrogens is 232 g/mol. The summed E-state index contributed by atoms with van der Waals surface area (Å²) in [5, 5.41) is 8.81. The number of urea groups is 1. The van der Waals surface area contributed by atoms with Crippen LogP contribution in [0, 0.1) is 5.92 Å². The van der Waals surface area contributed by atoms with E-state index in [0.29, 0.717) is 19.1 Å². The van der Waals surface area contributed by atoms with Crippen LogP contribution in [-0.2, 0) is 4.79 Å². The standard InChI is InChI=1S/C13H22N2O3/c1-14(11-6-4-2-3-5-7-11)13(18)15-8-10(9-15)12(16)17/h10-11H,2-9H2,1H3,(H,16,17). The lowest BCUT2D eigenvalue weighted by atomic mass is 10.0. The van der Waals surface area contributed by atoms with E-state index in [2.05, 4.69) is 0 Å². The van der Waals surface area contributed by atoms with Gasteiger partial charge in [0.2, 0.25) is 0 Å². The van der Waals surface area contributed by atoms with Gasteiger partial charge in [-0.15, -0.1) is 0 Å². The van der Waals surface area contributed by atoms with Crippen LogP contribution >= 0.6 is 0 Å². The lowest BCUT2D eigenvalue weighted by Gasteiger charge is -2.41. The molecule has 1 aliphatic carbocycles. The zero-order chi connectivity index (χ0) is 13.1. The predicted molar refractivity (Wildman–Crippen MR) is 67.3 cm³/mol. The fourth-order valence-electron chi connectivity index (χ4n) is 2.82. The van der Waals surface area contributed by atoms with Gasteiger partial charge in [0, 0.05) is 26.2 Å². The number of aliphatic carboxylic acids is 1. The van der Waals surface area contributed by atoms with E-state index < -0.39 is 5.97 Å². The van der Waals surface area contributed by atoms with E-state index in [1.807, 2.05) is 11.9 Å². The molecule has 1 N–H and O–H groups in total. The molecule has 1 aliphatic heterocycles. The molecule has 5 heteroatoms. The van der Waals surface area contributed by atoms with Crippen LogP contribution in [0.3, 0.4) is 0 Å². The van der Waals surface area contributed by atoms with Crippen LogP contribution in [0.15, 0.2) is 0 Å². The quantitative estimate of drug-likeness (QED) is 0.764. The van der Waals surface area contributed by atoms with E-state index in [1.54, 1.807) is 4.90 Å². The van der Waals surface area contributed by atoms with Gasteiger partial charge in [-0.25, -0.2) is 4.79 Å². The van der Waals surface area contributed by atoms with Crippen molar-refractivity contribution in [2.45, 2.75) is 44.6 Å². The Balaban J connectivity index is 1.83. The van der Waals surface area contributed by atoms with Gasteiger partial charge >= 0.3 is 12.0 Å². The molecule has 0 aromatic rings. The van der Waals surface area contributed by atoms with Gasteiger partial charge in [0.1, 0.15) is 0 Å². The Morgan fingerprint density at radius 3 is 2.17 bits per heavy atom. The van der Waals surface area contributed by atoms with Crippen molar-refractivity contribution in [1.29, 1.82) is 0 Å². The molecule has 2 rings (SSSR count). The molecule has 2 fully saturated rings. The molecule has 1 saturated heterocycles. The molecule has 0 radical (unpaired) electrons. The Morgan fingerprint density at radius 2 is 1.67 bits per heavy atom. The lowest BCUT2D eigenvalue weighted by molar-refractivity contribution is -0.146. The molecule has 0 bridgehead atoms. The number of carbonyl (C=O) groups is 2. The molecule has 0 aromatic carbocycles. The van der Waals surface area contributed by atoms with Crippen LogP contribution in [0.4, 0.5) is 4.79 Å². The van der Waals surface area contributed by atoms with Gasteiger partial charge in [0.05, 0.1) is 5.92 Å². The maximum atomic E-state index is 12.2. The second-order valence-corrected chi connectivity index (χ2v) is 5.48. The average Bonchev–Trinajstić information content (AvgIpc) is 2.53. The summed E-state index contributed by atoms with van der Waals surface area (Å²) < 4.78 is 0. The third-order valence-electron chi connectivity index (χ3n) is 4.18. The SMILES string of the molecule is CN(C(=O)N1CC(C(=O)O)C1)C1CCCCCC1. The number of carboxylic acid groups (broad SMARTS) is 1. The highest BCUT2D eigenvalue weighted by molar-refractivity contribution is 5.79. The summed E-state index contributed by atoms with van der Waals surface area (Å²) in [6, 6.07) is 0.336. The summed E-state index contributed by atoms with van der Waals surface area (Å²) in [5.74, 6) is -1.16. The van der Waals surface area contributed by atoms with Crippen molar-refractivity contribution in [3.63, 3.8) is 0 Å². The van der Waals surface area contributed by atoms with Crippen LogP contribution in [-0.4, -0.2) is 53.1 Å². The van der Waals surface area contributed by atoms with Crippen molar-refractivity contribution in [2.75, 3.05) is 20.1 Å². The largest absolute Gasteiger partial charge is 0.481 e. The minimum absolute atomic E-state index is 0.000556. The summed E-state index contributed by atoms with van der Waals surface area (Å²) in [4.78, 5) is 26.3. The summed E-state index contributed by atoms with van der Waals surface area (Å²) in [6.45, 7) is 0.733. The zero-order valence-electron chi connectivity index (χ0n) is 11.0. The molecule has 0 spiro atoms. The first-order chi connectivity index (χ1) is 8.59. The van der Waals surface area contributed by atoms with Crippen molar-refractivity contribution >= 4 is 12.0 Å². The number of hydrogen-bond donors (Lipinski definition) is 1. The molecule has 0 aromatic heterocycles. The fourth-order valence-corrected chi connectivity index (χ4v) is 2.82. The number of carboxylic acids is 1. The van der Waals surface area contributed by atoms with Gasteiger partial charge in [-0.05, 0) is 12.8 Å². The molecule has 1 heterocycles. The van der Waals surface area contributed by atoms with E-state index in [0.717, 1.165) is 12.8 Å². The number of nitrogens with zero attached hydrogens (tertiary/aromatic N) is 2. The summed E-state index contributed by atoms with van der Waals surface area (Å²) in [5.41, 5.74) is 0. The van der Waals surface area contributed by atoms with Gasteiger partial charge < -0.3 is 14.9 Å². The second kappa shape index (κ2) is 5.59. The molecule has 102 valence electrons. The van der Waals surface area contributed by atoms with E-state index in [-0.39, 0.29) is 11.9 Å². The lowest BCUT2D eigenvalue weighted by Crippen LogP contribution is -2.57. The van der Waals surface area contributed by atoms with E-state index in [4.69, 9.17) is 5.11 Å². The molecular formula is C13H22N2O3. The summed E-state index contributed by atoms with van der Waals surface area (Å²) >= 11 is 0. The topological polar surface area (TPSA) is 60.9 Å². The van der Waals surface area contributed by atoms with Crippen molar-refractivity contribution in [2.24, 2.45) is 5.92 Å². The monoisotopic (exact) mass is 254 g/mol. The number of amides is 2. The van der Waals surface area contributed by atoms with Crippen molar-refractivity contribution in [3.05, 3.63) is 0 Å². The fraction of sp³-hybridized carbons (Fsp3) is 0.846. The van der Waals surface area contributed by atoms with Crippen LogP contribution in [0.25, 0.3) is 0 Å². The number of likely N-dealkylation sites (tertiary alicyclic amines) is 1. The van der Waals surface area contributed by atoms with Crippen molar-refractivity contribution in [3.8, 4) is 0 Å². The molecule has 0 atom stereocenters. The highest BCUT2D eigenvalue weighted by Gasteiger charge is 2.38. The van der Waals surface area contributed by atoms with Crippen molar-refractivity contribution in [1.82, 2.24) is 9.80 Å². The van der Waals surface area contributed by atoms with Crippen molar-refractivity contribution < 1.29 is 14.7 Å². The van der Waals surface area contributed by atoms with E-state index in [1.165, 1.54) is 25.7 Å². The zero-order valence-corrected chi connectivity index (χ0v) is 11.0. The summed E-state index contributed by atoms with van der Waals surface area (Å²) in [7, 11) is 1.85.